The Labute approximate surface area is 104 Å². The van der Waals surface area contributed by atoms with Crippen molar-refractivity contribution in [2.24, 2.45) is 0 Å². The number of halogens is 2. The highest BCUT2D eigenvalue weighted by molar-refractivity contribution is 6.37. The molecule has 3 nitrogen and oxygen atoms in total. The van der Waals surface area contributed by atoms with Crippen LogP contribution in [0, 0.1) is 6.92 Å². The van der Waals surface area contributed by atoms with Gasteiger partial charge in [0.1, 0.15) is 0 Å². The lowest BCUT2D eigenvalue weighted by Gasteiger charge is -2.09. The van der Waals surface area contributed by atoms with Crippen LogP contribution in [0.1, 0.15) is 22.8 Å². The van der Waals surface area contributed by atoms with Gasteiger partial charge in [0.2, 0.25) is 5.91 Å². The van der Waals surface area contributed by atoms with Crippen LogP contribution in [0.5, 0.6) is 0 Å². The van der Waals surface area contributed by atoms with Gasteiger partial charge in [-0.2, -0.15) is 0 Å². The molecule has 0 atom stereocenters. The largest absolute Gasteiger partial charge is 0.326 e. The number of benzene rings is 1. The molecule has 0 radical (unpaired) electrons. The summed E-state index contributed by atoms with van der Waals surface area (Å²) in [6, 6.07) is 3.18. The maximum atomic E-state index is 11.4. The Balaban J connectivity index is 3.16. The molecule has 1 amide bonds. The Hall–Kier alpha value is -1.06. The fourth-order valence-corrected chi connectivity index (χ4v) is 1.70. The zero-order valence-electron chi connectivity index (χ0n) is 8.93. The Morgan fingerprint density at radius 2 is 2.00 bits per heavy atom. The lowest BCUT2D eigenvalue weighted by molar-refractivity contribution is -0.114. The number of rotatable bonds is 3. The molecule has 1 N–H and O–H groups in total. The molecule has 0 aliphatic rings. The molecule has 1 aromatic carbocycles. The van der Waals surface area contributed by atoms with Crippen molar-refractivity contribution in [2.45, 2.75) is 13.8 Å². The summed E-state index contributed by atoms with van der Waals surface area (Å²) in [7, 11) is 0. The summed E-state index contributed by atoms with van der Waals surface area (Å²) in [5.41, 5.74) is 1.75. The summed E-state index contributed by atoms with van der Waals surface area (Å²) in [5, 5.41) is 2.92. The Morgan fingerprint density at radius 3 is 2.50 bits per heavy atom. The highest BCUT2D eigenvalue weighted by Gasteiger charge is 2.12. The number of carbonyl (C=O) groups is 2. The summed E-state index contributed by atoms with van der Waals surface area (Å²) in [5.74, 6) is -0.529. The third kappa shape index (κ3) is 2.97. The number of anilines is 1. The van der Waals surface area contributed by atoms with Gasteiger partial charge in [-0.3, -0.25) is 9.59 Å². The first-order chi connectivity index (χ1) is 7.45. The normalized spacial score (nSPS) is 10.0. The van der Waals surface area contributed by atoms with Gasteiger partial charge in [-0.15, -0.1) is 11.6 Å². The molecule has 0 aromatic heterocycles. The number of Topliss-reactive ketones (excluding diaryl/α,β-unsaturated/α-hetero) is 1. The van der Waals surface area contributed by atoms with Gasteiger partial charge in [0, 0.05) is 18.2 Å². The maximum absolute atomic E-state index is 11.4. The van der Waals surface area contributed by atoms with Gasteiger partial charge in [-0.1, -0.05) is 11.6 Å². The standard InChI is InChI=1S/C11H11Cl2NO2/c1-6-3-8(11(16)5-12)9(13)4-10(6)14-7(2)15/h3-4H,5H2,1-2H3,(H,14,15). The van der Waals surface area contributed by atoms with Crippen LogP contribution in [-0.2, 0) is 4.79 Å². The third-order valence-electron chi connectivity index (χ3n) is 2.05. The van der Waals surface area contributed by atoms with Crippen LogP contribution in [0.2, 0.25) is 5.02 Å². The van der Waals surface area contributed by atoms with Gasteiger partial charge in [0.25, 0.3) is 0 Å². The molecular weight excluding hydrogens is 249 g/mol. The zero-order chi connectivity index (χ0) is 12.3. The number of ketones is 1. The van der Waals surface area contributed by atoms with E-state index < -0.39 is 0 Å². The van der Waals surface area contributed by atoms with E-state index in [1.54, 1.807) is 19.1 Å². The molecule has 1 rings (SSSR count). The summed E-state index contributed by atoms with van der Waals surface area (Å²) < 4.78 is 0. The van der Waals surface area contributed by atoms with E-state index >= 15 is 0 Å². The average Bonchev–Trinajstić information content (AvgIpc) is 2.21. The molecule has 86 valence electrons. The number of aryl methyl sites for hydroxylation is 1. The quantitative estimate of drug-likeness (QED) is 0.670. The average molecular weight is 260 g/mol. The van der Waals surface area contributed by atoms with E-state index in [0.29, 0.717) is 16.3 Å². The van der Waals surface area contributed by atoms with Gasteiger partial charge < -0.3 is 5.32 Å². The first kappa shape index (κ1) is 13.0. The van der Waals surface area contributed by atoms with Crippen LogP contribution in [0.25, 0.3) is 0 Å². The summed E-state index contributed by atoms with van der Waals surface area (Å²) in [4.78, 5) is 22.3. The topological polar surface area (TPSA) is 46.2 Å². The number of hydrogen-bond donors (Lipinski definition) is 1. The predicted octanol–water partition coefficient (Wildman–Crippen LogP) is 3.03. The third-order valence-corrected chi connectivity index (χ3v) is 2.60. The van der Waals surface area contributed by atoms with Crippen molar-refractivity contribution in [2.75, 3.05) is 11.2 Å². The number of carbonyl (C=O) groups excluding carboxylic acids is 2. The van der Waals surface area contributed by atoms with Crippen LogP contribution in [0.3, 0.4) is 0 Å². The van der Waals surface area contributed by atoms with Crippen molar-refractivity contribution in [3.05, 3.63) is 28.3 Å². The van der Waals surface area contributed by atoms with E-state index in [0.717, 1.165) is 5.56 Å². The van der Waals surface area contributed by atoms with Crippen molar-refractivity contribution in [1.29, 1.82) is 0 Å². The molecule has 0 saturated carbocycles. The highest BCUT2D eigenvalue weighted by Crippen LogP contribution is 2.25. The van der Waals surface area contributed by atoms with Crippen molar-refractivity contribution in [3.8, 4) is 0 Å². The van der Waals surface area contributed by atoms with Crippen molar-refractivity contribution < 1.29 is 9.59 Å². The molecule has 16 heavy (non-hydrogen) atoms. The van der Waals surface area contributed by atoms with E-state index in [2.05, 4.69) is 5.32 Å². The van der Waals surface area contributed by atoms with Gasteiger partial charge in [0.05, 0.1) is 10.9 Å². The number of alkyl halides is 1. The molecule has 0 spiro atoms. The number of amides is 1. The van der Waals surface area contributed by atoms with E-state index in [4.69, 9.17) is 23.2 Å². The van der Waals surface area contributed by atoms with Gasteiger partial charge >= 0.3 is 0 Å². The minimum absolute atomic E-state index is 0.112. The molecule has 0 unspecified atom stereocenters. The highest BCUT2D eigenvalue weighted by atomic mass is 35.5. The molecule has 0 fully saturated rings. The maximum Gasteiger partial charge on any atom is 0.221 e. The minimum Gasteiger partial charge on any atom is -0.326 e. The molecular formula is C11H11Cl2NO2. The van der Waals surface area contributed by atoms with E-state index in [-0.39, 0.29) is 17.6 Å². The lowest BCUT2D eigenvalue weighted by atomic mass is 10.1. The lowest BCUT2D eigenvalue weighted by Crippen LogP contribution is -2.09. The molecule has 0 saturated heterocycles. The Kier molecular flexibility index (Phi) is 4.33. The molecule has 1 aromatic rings. The van der Waals surface area contributed by atoms with Crippen LogP contribution in [-0.4, -0.2) is 17.6 Å². The first-order valence-corrected chi connectivity index (χ1v) is 5.54. The molecule has 0 bridgehead atoms. The van der Waals surface area contributed by atoms with Gasteiger partial charge in [0.15, 0.2) is 5.78 Å². The van der Waals surface area contributed by atoms with E-state index in [9.17, 15) is 9.59 Å². The smallest absolute Gasteiger partial charge is 0.221 e. The number of hydrogen-bond acceptors (Lipinski definition) is 2. The summed E-state index contributed by atoms with van der Waals surface area (Å²) in [6.07, 6.45) is 0. The van der Waals surface area contributed by atoms with E-state index in [1.165, 1.54) is 6.92 Å². The van der Waals surface area contributed by atoms with Crippen molar-refractivity contribution in [1.82, 2.24) is 0 Å². The molecule has 0 aliphatic carbocycles. The molecule has 5 heteroatoms. The van der Waals surface area contributed by atoms with Crippen LogP contribution >= 0.6 is 23.2 Å². The second kappa shape index (κ2) is 5.32. The number of nitrogens with one attached hydrogen (secondary N) is 1. The Bertz CT molecular complexity index is 444. The zero-order valence-corrected chi connectivity index (χ0v) is 10.4. The second-order valence-electron chi connectivity index (χ2n) is 3.38. The molecule has 0 heterocycles. The fourth-order valence-electron chi connectivity index (χ4n) is 1.29. The van der Waals surface area contributed by atoms with E-state index in [1.807, 2.05) is 0 Å². The monoisotopic (exact) mass is 259 g/mol. The predicted molar refractivity (Wildman–Crippen MR) is 65.5 cm³/mol. The van der Waals surface area contributed by atoms with Gasteiger partial charge in [-0.25, -0.2) is 0 Å². The fraction of sp³-hybridized carbons (Fsp3) is 0.273. The van der Waals surface area contributed by atoms with Crippen LogP contribution in [0.4, 0.5) is 5.69 Å². The van der Waals surface area contributed by atoms with Gasteiger partial charge in [-0.05, 0) is 24.6 Å². The van der Waals surface area contributed by atoms with Crippen molar-refractivity contribution >= 4 is 40.6 Å². The second-order valence-corrected chi connectivity index (χ2v) is 4.06. The summed E-state index contributed by atoms with van der Waals surface area (Å²) in [6.45, 7) is 3.19. The van der Waals surface area contributed by atoms with Crippen LogP contribution in [0.15, 0.2) is 12.1 Å². The minimum atomic E-state index is -0.232. The molecule has 0 aliphatic heterocycles. The SMILES string of the molecule is CC(=O)Nc1cc(Cl)c(C(=O)CCl)cc1C. The summed E-state index contributed by atoms with van der Waals surface area (Å²) >= 11 is 11.4. The van der Waals surface area contributed by atoms with Crippen LogP contribution < -0.4 is 5.32 Å². The van der Waals surface area contributed by atoms with Crippen molar-refractivity contribution in [3.63, 3.8) is 0 Å². The Morgan fingerprint density at radius 1 is 1.38 bits per heavy atom. The first-order valence-electron chi connectivity index (χ1n) is 4.62.